The number of rotatable bonds is 10. The summed E-state index contributed by atoms with van der Waals surface area (Å²) in [5, 5.41) is 19.9. The van der Waals surface area contributed by atoms with Gasteiger partial charge in [-0.1, -0.05) is 0 Å². The van der Waals surface area contributed by atoms with Crippen molar-refractivity contribution >= 4 is 17.8 Å². The second-order valence-corrected chi connectivity index (χ2v) is 4.72. The Hall–Kier alpha value is -1.71. The monoisotopic (exact) mass is 304 g/mol. The Morgan fingerprint density at radius 2 is 1.90 bits per heavy atom. The Balaban J connectivity index is 4.74. The second kappa shape index (κ2) is 10.1. The van der Waals surface area contributed by atoms with Gasteiger partial charge in [0.1, 0.15) is 18.6 Å². The maximum absolute atomic E-state index is 12.1. The van der Waals surface area contributed by atoms with Gasteiger partial charge >= 0.3 is 5.97 Å². The summed E-state index contributed by atoms with van der Waals surface area (Å²) in [4.78, 5) is 35.4. The van der Waals surface area contributed by atoms with Gasteiger partial charge in [-0.05, 0) is 25.8 Å². The van der Waals surface area contributed by atoms with E-state index in [4.69, 9.17) is 21.7 Å². The molecule has 7 N–H and O–H groups in total. The highest BCUT2D eigenvalue weighted by Crippen LogP contribution is 2.04. The number of likely N-dealkylation sites (N-methyl/N-ethyl adjacent to an activating group) is 1. The van der Waals surface area contributed by atoms with Crippen LogP contribution in [0.4, 0.5) is 0 Å². The lowest BCUT2D eigenvalue weighted by Crippen LogP contribution is -2.53. The minimum absolute atomic E-state index is 0.323. The molecule has 0 unspecified atom stereocenters. The molecule has 2 amide bonds. The number of aliphatic carboxylic acids is 1. The van der Waals surface area contributed by atoms with Gasteiger partial charge in [0.25, 0.3) is 0 Å². The van der Waals surface area contributed by atoms with Crippen LogP contribution >= 0.6 is 0 Å². The van der Waals surface area contributed by atoms with E-state index in [-0.39, 0.29) is 0 Å². The van der Waals surface area contributed by atoms with Crippen LogP contribution in [0.25, 0.3) is 0 Å². The first-order valence-electron chi connectivity index (χ1n) is 6.67. The molecule has 0 bridgehead atoms. The van der Waals surface area contributed by atoms with Crippen molar-refractivity contribution in [2.24, 2.45) is 11.5 Å². The minimum Gasteiger partial charge on any atom is -0.480 e. The van der Waals surface area contributed by atoms with E-state index < -0.39 is 43.0 Å². The smallest absolute Gasteiger partial charge is 0.323 e. The average Bonchev–Trinajstić information content (AvgIpc) is 2.43. The van der Waals surface area contributed by atoms with E-state index in [2.05, 4.69) is 5.32 Å². The van der Waals surface area contributed by atoms with Crippen molar-refractivity contribution < 1.29 is 24.6 Å². The summed E-state index contributed by atoms with van der Waals surface area (Å²) in [6.45, 7) is -0.551. The van der Waals surface area contributed by atoms with Crippen molar-refractivity contribution in [3.05, 3.63) is 0 Å². The molecule has 0 fully saturated rings. The third kappa shape index (κ3) is 7.59. The third-order valence-corrected chi connectivity index (χ3v) is 2.84. The molecule has 9 nitrogen and oxygen atoms in total. The molecule has 0 saturated carbocycles. The molecular formula is C12H24N4O5. The summed E-state index contributed by atoms with van der Waals surface area (Å²) < 4.78 is 0. The number of unbranched alkanes of at least 4 members (excludes halogenated alkanes) is 1. The van der Waals surface area contributed by atoms with Crippen LogP contribution < -0.4 is 16.8 Å². The van der Waals surface area contributed by atoms with Crippen LogP contribution in [0, 0.1) is 0 Å². The number of hydrogen-bond acceptors (Lipinski definition) is 6. The Labute approximate surface area is 123 Å². The van der Waals surface area contributed by atoms with Crippen molar-refractivity contribution in [2.75, 3.05) is 26.7 Å². The van der Waals surface area contributed by atoms with Crippen molar-refractivity contribution in [1.82, 2.24) is 10.2 Å². The normalized spacial score (nSPS) is 13.3. The molecule has 0 aliphatic heterocycles. The lowest BCUT2D eigenvalue weighted by atomic mass is 10.1. The summed E-state index contributed by atoms with van der Waals surface area (Å²) in [5.41, 5.74) is 10.7. The number of carboxylic acids is 1. The quantitative estimate of drug-likeness (QED) is 0.278. The number of amides is 2. The van der Waals surface area contributed by atoms with E-state index in [0.717, 1.165) is 4.90 Å². The molecule has 0 aliphatic rings. The summed E-state index contributed by atoms with van der Waals surface area (Å²) in [5.74, 6) is -2.33. The molecule has 122 valence electrons. The molecular weight excluding hydrogens is 280 g/mol. The first-order chi connectivity index (χ1) is 9.83. The van der Waals surface area contributed by atoms with Gasteiger partial charge < -0.3 is 31.9 Å². The molecule has 21 heavy (non-hydrogen) atoms. The van der Waals surface area contributed by atoms with Crippen LogP contribution in [0.1, 0.15) is 19.3 Å². The van der Waals surface area contributed by atoms with Crippen LogP contribution in [0.2, 0.25) is 0 Å². The van der Waals surface area contributed by atoms with Crippen molar-refractivity contribution in [3.8, 4) is 0 Å². The number of nitrogens with one attached hydrogen (secondary N) is 1. The summed E-state index contributed by atoms with van der Waals surface area (Å²) >= 11 is 0. The minimum atomic E-state index is -1.15. The second-order valence-electron chi connectivity index (χ2n) is 4.72. The SMILES string of the molecule is CN(CC(=O)O)C(=O)[C@H](CCCCN)NC(=O)[C@@H](N)CO. The lowest BCUT2D eigenvalue weighted by molar-refractivity contribution is -0.144. The molecule has 2 atom stereocenters. The number of aliphatic hydroxyl groups excluding tert-OH is 1. The van der Waals surface area contributed by atoms with E-state index in [0.29, 0.717) is 25.8 Å². The van der Waals surface area contributed by atoms with Gasteiger partial charge in [0.2, 0.25) is 11.8 Å². The number of nitrogens with zero attached hydrogens (tertiary/aromatic N) is 1. The van der Waals surface area contributed by atoms with Gasteiger partial charge in [-0.15, -0.1) is 0 Å². The van der Waals surface area contributed by atoms with Gasteiger partial charge in [-0.2, -0.15) is 0 Å². The van der Waals surface area contributed by atoms with Gasteiger partial charge in [0.05, 0.1) is 6.61 Å². The van der Waals surface area contributed by atoms with E-state index in [9.17, 15) is 14.4 Å². The van der Waals surface area contributed by atoms with E-state index in [1.165, 1.54) is 7.05 Å². The number of aliphatic hydroxyl groups is 1. The average molecular weight is 304 g/mol. The Morgan fingerprint density at radius 3 is 2.38 bits per heavy atom. The lowest BCUT2D eigenvalue weighted by Gasteiger charge is -2.24. The maximum Gasteiger partial charge on any atom is 0.323 e. The largest absolute Gasteiger partial charge is 0.480 e. The fourth-order valence-electron chi connectivity index (χ4n) is 1.66. The van der Waals surface area contributed by atoms with Gasteiger partial charge in [0, 0.05) is 7.05 Å². The fourth-order valence-corrected chi connectivity index (χ4v) is 1.66. The van der Waals surface area contributed by atoms with Gasteiger partial charge in [0.15, 0.2) is 0 Å². The molecule has 0 aromatic carbocycles. The highest BCUT2D eigenvalue weighted by molar-refractivity contribution is 5.90. The molecule has 0 aromatic rings. The number of carbonyl (C=O) groups excluding carboxylic acids is 2. The first-order valence-corrected chi connectivity index (χ1v) is 6.67. The standard InChI is InChI=1S/C12H24N4O5/c1-16(6-10(18)19)12(21)9(4-2-3-5-13)15-11(20)8(14)7-17/h8-9,17H,2-7,13-14H2,1H3,(H,15,20)(H,18,19)/t8-,9-/m0/s1. The van der Waals surface area contributed by atoms with Crippen molar-refractivity contribution in [1.29, 1.82) is 0 Å². The highest BCUT2D eigenvalue weighted by atomic mass is 16.4. The topological polar surface area (TPSA) is 159 Å². The van der Waals surface area contributed by atoms with E-state index >= 15 is 0 Å². The fraction of sp³-hybridized carbons (Fsp3) is 0.750. The van der Waals surface area contributed by atoms with Crippen LogP contribution in [-0.2, 0) is 14.4 Å². The molecule has 0 aliphatic carbocycles. The predicted molar refractivity (Wildman–Crippen MR) is 75.2 cm³/mol. The number of carbonyl (C=O) groups is 3. The maximum atomic E-state index is 12.1. The van der Waals surface area contributed by atoms with E-state index in [1.54, 1.807) is 0 Å². The van der Waals surface area contributed by atoms with Crippen LogP contribution in [0.5, 0.6) is 0 Å². The first kappa shape index (κ1) is 19.3. The molecule has 0 heterocycles. The Morgan fingerprint density at radius 1 is 1.29 bits per heavy atom. The molecule has 9 heteroatoms. The summed E-state index contributed by atoms with van der Waals surface area (Å²) in [6, 6.07) is -2.01. The Kier molecular flexibility index (Phi) is 9.26. The van der Waals surface area contributed by atoms with Crippen molar-refractivity contribution in [2.45, 2.75) is 31.3 Å². The molecule has 0 rings (SSSR count). The number of carboxylic acid groups (broad SMARTS) is 1. The van der Waals surface area contributed by atoms with Gasteiger partial charge in [-0.3, -0.25) is 14.4 Å². The Bertz CT molecular complexity index is 364. The van der Waals surface area contributed by atoms with Crippen LogP contribution in [0.15, 0.2) is 0 Å². The van der Waals surface area contributed by atoms with Crippen LogP contribution in [-0.4, -0.2) is 71.7 Å². The zero-order valence-electron chi connectivity index (χ0n) is 12.1. The predicted octanol–water partition coefficient (Wildman–Crippen LogP) is -2.54. The van der Waals surface area contributed by atoms with Crippen LogP contribution in [0.3, 0.4) is 0 Å². The molecule has 0 saturated heterocycles. The zero-order chi connectivity index (χ0) is 16.4. The zero-order valence-corrected chi connectivity index (χ0v) is 12.1. The molecule has 0 radical (unpaired) electrons. The van der Waals surface area contributed by atoms with E-state index in [1.807, 2.05) is 0 Å². The number of hydrogen-bond donors (Lipinski definition) is 5. The molecule has 0 aromatic heterocycles. The third-order valence-electron chi connectivity index (χ3n) is 2.84. The molecule has 0 spiro atoms. The number of nitrogens with two attached hydrogens (primary N) is 2. The summed E-state index contributed by atoms with van der Waals surface area (Å²) in [6.07, 6.45) is 1.60. The highest BCUT2D eigenvalue weighted by Gasteiger charge is 2.26. The summed E-state index contributed by atoms with van der Waals surface area (Å²) in [7, 11) is 1.34. The van der Waals surface area contributed by atoms with Gasteiger partial charge in [-0.25, -0.2) is 0 Å². The van der Waals surface area contributed by atoms with Crippen molar-refractivity contribution in [3.63, 3.8) is 0 Å².